The molecular weight excluding hydrogens is 164 g/mol. The SMILES string of the molecule is NC(=O)NCC1CC2C=CC1CC2. The van der Waals surface area contributed by atoms with Crippen LogP contribution >= 0.6 is 0 Å². The van der Waals surface area contributed by atoms with Crippen molar-refractivity contribution in [3.05, 3.63) is 12.2 Å². The maximum absolute atomic E-state index is 10.5. The number of primary amides is 1. The van der Waals surface area contributed by atoms with Gasteiger partial charge >= 0.3 is 6.03 Å². The van der Waals surface area contributed by atoms with Gasteiger partial charge in [0.05, 0.1) is 0 Å². The first-order chi connectivity index (χ1) is 6.25. The molecule has 0 saturated heterocycles. The van der Waals surface area contributed by atoms with Crippen molar-refractivity contribution in [1.82, 2.24) is 5.32 Å². The van der Waals surface area contributed by atoms with Gasteiger partial charge < -0.3 is 11.1 Å². The van der Waals surface area contributed by atoms with Gasteiger partial charge in [-0.15, -0.1) is 0 Å². The van der Waals surface area contributed by atoms with Gasteiger partial charge in [-0.25, -0.2) is 4.79 Å². The number of fused-ring (bicyclic) bond motifs is 2. The van der Waals surface area contributed by atoms with Gasteiger partial charge in [0.15, 0.2) is 0 Å². The summed E-state index contributed by atoms with van der Waals surface area (Å²) in [6.07, 6.45) is 8.47. The Balaban J connectivity index is 1.88. The lowest BCUT2D eigenvalue weighted by molar-refractivity contribution is 0.210. The van der Waals surface area contributed by atoms with Crippen LogP contribution in [0.4, 0.5) is 4.79 Å². The highest BCUT2D eigenvalue weighted by atomic mass is 16.2. The van der Waals surface area contributed by atoms with Crippen LogP contribution in [0.5, 0.6) is 0 Å². The van der Waals surface area contributed by atoms with Crippen molar-refractivity contribution in [3.8, 4) is 0 Å². The van der Waals surface area contributed by atoms with Crippen LogP contribution in [0.2, 0.25) is 0 Å². The zero-order valence-corrected chi connectivity index (χ0v) is 7.70. The molecule has 0 heterocycles. The van der Waals surface area contributed by atoms with E-state index >= 15 is 0 Å². The normalized spacial score (nSPS) is 36.2. The second-order valence-electron chi connectivity index (χ2n) is 4.13. The summed E-state index contributed by atoms with van der Waals surface area (Å²) in [4.78, 5) is 10.5. The molecule has 3 aliphatic rings. The molecule has 3 heteroatoms. The minimum atomic E-state index is -0.398. The fourth-order valence-electron chi connectivity index (χ4n) is 2.52. The summed E-state index contributed by atoms with van der Waals surface area (Å²) >= 11 is 0. The fourth-order valence-corrected chi connectivity index (χ4v) is 2.52. The summed E-state index contributed by atoms with van der Waals surface area (Å²) in [6, 6.07) is -0.398. The third-order valence-corrected chi connectivity index (χ3v) is 3.25. The van der Waals surface area contributed by atoms with Crippen LogP contribution in [0.25, 0.3) is 0 Å². The van der Waals surface area contributed by atoms with Crippen LogP contribution in [0.15, 0.2) is 12.2 Å². The van der Waals surface area contributed by atoms with Gasteiger partial charge in [-0.2, -0.15) is 0 Å². The van der Waals surface area contributed by atoms with Crippen molar-refractivity contribution < 1.29 is 4.79 Å². The Labute approximate surface area is 78.4 Å². The predicted octanol–water partition coefficient (Wildman–Crippen LogP) is 1.26. The molecule has 0 aliphatic heterocycles. The van der Waals surface area contributed by atoms with Crippen LogP contribution in [0, 0.1) is 17.8 Å². The van der Waals surface area contributed by atoms with Crippen molar-refractivity contribution >= 4 is 6.03 Å². The highest BCUT2D eigenvalue weighted by Gasteiger charge is 2.31. The largest absolute Gasteiger partial charge is 0.352 e. The second-order valence-corrected chi connectivity index (χ2v) is 4.13. The first kappa shape index (κ1) is 8.60. The topological polar surface area (TPSA) is 55.1 Å². The Kier molecular flexibility index (Phi) is 2.25. The lowest BCUT2D eigenvalue weighted by atomic mass is 9.69. The van der Waals surface area contributed by atoms with Gasteiger partial charge in [0.25, 0.3) is 0 Å². The van der Waals surface area contributed by atoms with E-state index < -0.39 is 6.03 Å². The lowest BCUT2D eigenvalue weighted by Gasteiger charge is -2.37. The first-order valence-electron chi connectivity index (χ1n) is 4.97. The van der Waals surface area contributed by atoms with Gasteiger partial charge in [-0.1, -0.05) is 12.2 Å². The van der Waals surface area contributed by atoms with Gasteiger partial charge in [-0.05, 0) is 37.0 Å². The number of hydrogen-bond acceptors (Lipinski definition) is 1. The smallest absolute Gasteiger partial charge is 0.312 e. The molecule has 0 aromatic heterocycles. The third kappa shape index (κ3) is 1.85. The summed E-state index contributed by atoms with van der Waals surface area (Å²) in [6.45, 7) is 0.751. The van der Waals surface area contributed by atoms with E-state index in [1.807, 2.05) is 0 Å². The van der Waals surface area contributed by atoms with E-state index in [4.69, 9.17) is 5.73 Å². The number of rotatable bonds is 2. The molecule has 3 N–H and O–H groups in total. The van der Waals surface area contributed by atoms with E-state index in [1.165, 1.54) is 19.3 Å². The molecule has 0 aromatic carbocycles. The highest BCUT2D eigenvalue weighted by molar-refractivity contribution is 5.71. The quantitative estimate of drug-likeness (QED) is 0.617. The van der Waals surface area contributed by atoms with Crippen molar-refractivity contribution in [2.75, 3.05) is 6.54 Å². The van der Waals surface area contributed by atoms with Gasteiger partial charge in [0.1, 0.15) is 0 Å². The number of carbonyl (C=O) groups is 1. The molecule has 13 heavy (non-hydrogen) atoms. The van der Waals surface area contributed by atoms with Crippen molar-refractivity contribution in [2.45, 2.75) is 19.3 Å². The molecular formula is C10H16N2O. The van der Waals surface area contributed by atoms with Crippen molar-refractivity contribution in [2.24, 2.45) is 23.5 Å². The number of carbonyl (C=O) groups excluding carboxylic acids is 1. The number of hydrogen-bond donors (Lipinski definition) is 2. The fraction of sp³-hybridized carbons (Fsp3) is 0.700. The minimum absolute atomic E-state index is 0.398. The molecule has 3 rings (SSSR count). The molecule has 3 aliphatic carbocycles. The Morgan fingerprint density at radius 3 is 2.77 bits per heavy atom. The van der Waals surface area contributed by atoms with E-state index in [9.17, 15) is 4.79 Å². The Bertz CT molecular complexity index is 237. The summed E-state index contributed by atoms with van der Waals surface area (Å²) in [7, 11) is 0. The van der Waals surface area contributed by atoms with Gasteiger partial charge in [0.2, 0.25) is 0 Å². The molecule has 0 radical (unpaired) electrons. The summed E-state index contributed by atoms with van der Waals surface area (Å²) in [5.74, 6) is 2.05. The average molecular weight is 180 g/mol. The molecule has 1 fully saturated rings. The maximum Gasteiger partial charge on any atom is 0.312 e. The summed E-state index contributed by atoms with van der Waals surface area (Å²) < 4.78 is 0. The van der Waals surface area contributed by atoms with Gasteiger partial charge in [0, 0.05) is 6.54 Å². The third-order valence-electron chi connectivity index (χ3n) is 3.25. The number of urea groups is 1. The van der Waals surface area contributed by atoms with Crippen LogP contribution in [0.3, 0.4) is 0 Å². The van der Waals surface area contributed by atoms with E-state index in [1.54, 1.807) is 0 Å². The molecule has 1 saturated carbocycles. The van der Waals surface area contributed by atoms with E-state index in [0.29, 0.717) is 11.8 Å². The van der Waals surface area contributed by atoms with E-state index in [0.717, 1.165) is 12.5 Å². The molecule has 2 bridgehead atoms. The zero-order chi connectivity index (χ0) is 9.26. The first-order valence-corrected chi connectivity index (χ1v) is 4.97. The van der Waals surface area contributed by atoms with Crippen molar-refractivity contribution in [1.29, 1.82) is 0 Å². The van der Waals surface area contributed by atoms with Crippen LogP contribution < -0.4 is 11.1 Å². The zero-order valence-electron chi connectivity index (χ0n) is 7.70. The molecule has 0 aromatic rings. The molecule has 3 unspecified atom stereocenters. The predicted molar refractivity (Wildman–Crippen MR) is 51.0 cm³/mol. The van der Waals surface area contributed by atoms with Crippen LogP contribution in [0.1, 0.15) is 19.3 Å². The molecule has 72 valence electrons. The lowest BCUT2D eigenvalue weighted by Crippen LogP contribution is -2.39. The molecule has 3 atom stereocenters. The standard InChI is InChI=1S/C10H16N2O/c11-10(13)12-6-9-5-7-1-3-8(9)4-2-7/h1,3,7-9H,2,4-6H2,(H3,11,12,13). The number of nitrogens with two attached hydrogens (primary N) is 1. The monoisotopic (exact) mass is 180 g/mol. The Hall–Kier alpha value is -0.990. The highest BCUT2D eigenvalue weighted by Crippen LogP contribution is 2.39. The summed E-state index contributed by atoms with van der Waals surface area (Å²) in [5.41, 5.74) is 5.04. The second kappa shape index (κ2) is 3.40. The average Bonchev–Trinajstić information content (AvgIpc) is 2.17. The minimum Gasteiger partial charge on any atom is -0.352 e. The molecule has 0 spiro atoms. The summed E-state index contributed by atoms with van der Waals surface area (Å²) in [5, 5.41) is 2.71. The van der Waals surface area contributed by atoms with Crippen LogP contribution in [-0.4, -0.2) is 12.6 Å². The Morgan fingerprint density at radius 1 is 1.46 bits per heavy atom. The number of amides is 2. The van der Waals surface area contributed by atoms with E-state index in [2.05, 4.69) is 17.5 Å². The number of nitrogens with one attached hydrogen (secondary N) is 1. The van der Waals surface area contributed by atoms with Crippen molar-refractivity contribution in [3.63, 3.8) is 0 Å². The number of allylic oxidation sites excluding steroid dienone is 2. The molecule has 2 amide bonds. The van der Waals surface area contributed by atoms with E-state index in [-0.39, 0.29) is 0 Å². The van der Waals surface area contributed by atoms with Gasteiger partial charge in [-0.3, -0.25) is 0 Å². The molecule has 3 nitrogen and oxygen atoms in total. The Morgan fingerprint density at radius 2 is 2.31 bits per heavy atom. The maximum atomic E-state index is 10.5. The van der Waals surface area contributed by atoms with Crippen LogP contribution in [-0.2, 0) is 0 Å².